The highest BCUT2D eigenvalue weighted by atomic mass is 14.6. The van der Waals surface area contributed by atoms with E-state index in [4.69, 9.17) is 0 Å². The van der Waals surface area contributed by atoms with E-state index in [2.05, 4.69) is 124 Å². The maximum absolute atomic E-state index is 4.27. The molecule has 4 fully saturated rings. The molecule has 0 aromatic rings. The van der Waals surface area contributed by atoms with Gasteiger partial charge in [0.2, 0.25) is 0 Å². The second-order valence-corrected chi connectivity index (χ2v) is 19.2. The molecule has 0 amide bonds. The van der Waals surface area contributed by atoms with Crippen molar-refractivity contribution in [1.29, 1.82) is 0 Å². The van der Waals surface area contributed by atoms with Crippen molar-refractivity contribution >= 4 is 0 Å². The molecule has 0 spiro atoms. The lowest BCUT2D eigenvalue weighted by Gasteiger charge is -2.51. The van der Waals surface area contributed by atoms with Crippen LogP contribution in [0.1, 0.15) is 114 Å². The minimum Gasteiger partial charge on any atom is -0.103 e. The fourth-order valence-electron chi connectivity index (χ4n) is 12.0. The first-order chi connectivity index (χ1) is 20.6. The van der Waals surface area contributed by atoms with Crippen LogP contribution < -0.4 is 0 Å². The molecule has 0 radical (unpaired) electrons. The lowest BCUT2D eigenvalue weighted by Crippen LogP contribution is -2.44. The number of hydrogen-bond acceptors (Lipinski definition) is 0. The van der Waals surface area contributed by atoms with Gasteiger partial charge in [-0.25, -0.2) is 0 Å². The predicted molar refractivity (Wildman–Crippen MR) is 189 cm³/mol. The highest BCUT2D eigenvalue weighted by Gasteiger charge is 2.61. The van der Waals surface area contributed by atoms with Crippen molar-refractivity contribution in [1.82, 2.24) is 0 Å². The second-order valence-electron chi connectivity index (χ2n) is 19.2. The van der Waals surface area contributed by atoms with E-state index in [1.54, 1.807) is 22.3 Å². The summed E-state index contributed by atoms with van der Waals surface area (Å²) < 4.78 is 0. The molecular weight excluding hydrogens is 528 g/mol. The molecule has 0 nitrogen and oxygen atoms in total. The standard InChI is InChI=1S/C44H62/c1-11-12-19-44(10,34-18-17-28-15-13-14-16-29(28)34)39-32-26-37-35(40(2,3)20-22-42(37,6)7)24-30(32)31-25-36-38(27-33(31)39)43(8,9)23-21-41(36,4)5/h11,13-16,24-34,39H,1,12,17-23H2,2-10H3. The molecule has 0 bridgehead atoms. The average Bonchev–Trinajstić information content (AvgIpc) is 3.55. The molecule has 0 aliphatic heterocycles. The van der Waals surface area contributed by atoms with Crippen molar-refractivity contribution in [2.75, 3.05) is 0 Å². The zero-order valence-electron chi connectivity index (χ0n) is 29.7. The van der Waals surface area contributed by atoms with Crippen LogP contribution in [-0.2, 0) is 0 Å². The fourth-order valence-corrected chi connectivity index (χ4v) is 12.0. The van der Waals surface area contributed by atoms with Gasteiger partial charge in [-0.05, 0) is 148 Å². The third-order valence-electron chi connectivity index (χ3n) is 14.9. The Labute approximate surface area is 271 Å². The van der Waals surface area contributed by atoms with Gasteiger partial charge < -0.3 is 0 Å². The molecular formula is C44H62. The molecule has 0 heterocycles. The first-order valence-electron chi connectivity index (χ1n) is 18.5. The van der Waals surface area contributed by atoms with Crippen LogP contribution in [0.4, 0.5) is 0 Å². The van der Waals surface area contributed by atoms with Gasteiger partial charge in [-0.15, -0.1) is 6.58 Å². The maximum Gasteiger partial charge on any atom is -0.00921 e. The van der Waals surface area contributed by atoms with E-state index in [-0.39, 0.29) is 27.1 Å². The van der Waals surface area contributed by atoms with Crippen LogP contribution >= 0.6 is 0 Å². The second kappa shape index (κ2) is 10.1. The van der Waals surface area contributed by atoms with Crippen molar-refractivity contribution in [3.63, 3.8) is 0 Å². The number of hydrogen-bond donors (Lipinski definition) is 0. The molecule has 8 unspecified atom stereocenters. The lowest BCUT2D eigenvalue weighted by molar-refractivity contribution is 0.0274. The molecule has 0 aromatic heterocycles. The van der Waals surface area contributed by atoms with E-state index in [9.17, 15) is 0 Å². The summed E-state index contributed by atoms with van der Waals surface area (Å²) >= 11 is 0. The van der Waals surface area contributed by atoms with Crippen molar-refractivity contribution in [3.05, 3.63) is 83.6 Å². The molecule has 4 saturated carbocycles. The third-order valence-corrected chi connectivity index (χ3v) is 14.9. The van der Waals surface area contributed by atoms with Crippen molar-refractivity contribution in [2.24, 2.45) is 74.4 Å². The smallest absolute Gasteiger partial charge is 0.00921 e. The van der Waals surface area contributed by atoms with Crippen LogP contribution in [0.3, 0.4) is 0 Å². The Hall–Kier alpha value is -1.82. The topological polar surface area (TPSA) is 0 Å². The summed E-state index contributed by atoms with van der Waals surface area (Å²) in [6.45, 7) is 27.3. The van der Waals surface area contributed by atoms with Gasteiger partial charge in [0.1, 0.15) is 0 Å². The number of rotatable bonds is 5. The quantitative estimate of drug-likeness (QED) is 0.279. The van der Waals surface area contributed by atoms with Gasteiger partial charge in [0.05, 0.1) is 0 Å². The fraction of sp³-hybridized carbons (Fsp3) is 0.682. The summed E-state index contributed by atoms with van der Waals surface area (Å²) in [6.07, 6.45) is 33.9. The Morgan fingerprint density at radius 1 is 0.636 bits per heavy atom. The van der Waals surface area contributed by atoms with Crippen molar-refractivity contribution in [3.8, 4) is 0 Å². The normalized spacial score (nSPS) is 41.4. The van der Waals surface area contributed by atoms with Gasteiger partial charge in [0.15, 0.2) is 0 Å². The van der Waals surface area contributed by atoms with Crippen LogP contribution in [0.5, 0.6) is 0 Å². The molecule has 0 heteroatoms. The molecule has 8 atom stereocenters. The lowest BCUT2D eigenvalue weighted by atomic mass is 9.53. The van der Waals surface area contributed by atoms with E-state index in [1.165, 1.54) is 44.9 Å². The summed E-state index contributed by atoms with van der Waals surface area (Å²) in [4.78, 5) is 0. The summed E-state index contributed by atoms with van der Waals surface area (Å²) in [5.41, 5.74) is 8.09. The first-order valence-corrected chi connectivity index (χ1v) is 18.5. The van der Waals surface area contributed by atoms with Gasteiger partial charge in [-0.1, -0.05) is 117 Å². The summed E-state index contributed by atoms with van der Waals surface area (Å²) in [7, 11) is 0. The Balaban J connectivity index is 1.43. The summed E-state index contributed by atoms with van der Waals surface area (Å²) in [6, 6.07) is 0. The van der Waals surface area contributed by atoms with Crippen LogP contribution in [0.15, 0.2) is 83.6 Å². The number of allylic oxidation sites excluding steroid dienone is 13. The predicted octanol–water partition coefficient (Wildman–Crippen LogP) is 12.2. The minimum absolute atomic E-state index is 0.256. The highest BCUT2D eigenvalue weighted by Crippen LogP contribution is 2.69. The minimum atomic E-state index is 0.256. The molecule has 238 valence electrons. The van der Waals surface area contributed by atoms with Gasteiger partial charge >= 0.3 is 0 Å². The van der Waals surface area contributed by atoms with E-state index >= 15 is 0 Å². The SMILES string of the molecule is C=CCCC(C)(C1CCC2C=CC=CC21)C1C2C=C3C(=CC2C2C=C4C(=CC21)C(C)(C)CCC4(C)C)C(C)(C)CCC3(C)C. The molecule has 44 heavy (non-hydrogen) atoms. The summed E-state index contributed by atoms with van der Waals surface area (Å²) in [5, 5.41) is 0. The monoisotopic (exact) mass is 590 g/mol. The maximum atomic E-state index is 4.27. The molecule has 7 aliphatic rings. The largest absolute Gasteiger partial charge is 0.103 e. The third kappa shape index (κ3) is 4.49. The van der Waals surface area contributed by atoms with Crippen LogP contribution in [-0.4, -0.2) is 0 Å². The van der Waals surface area contributed by atoms with Gasteiger partial charge in [-0.2, -0.15) is 0 Å². The molecule has 0 N–H and O–H groups in total. The Bertz CT molecular complexity index is 1320. The molecule has 7 rings (SSSR count). The van der Waals surface area contributed by atoms with E-state index in [1.807, 2.05) is 0 Å². The van der Waals surface area contributed by atoms with Crippen molar-refractivity contribution < 1.29 is 0 Å². The van der Waals surface area contributed by atoms with Crippen molar-refractivity contribution in [2.45, 2.75) is 114 Å². The van der Waals surface area contributed by atoms with Gasteiger partial charge in [0, 0.05) is 0 Å². The van der Waals surface area contributed by atoms with E-state index < -0.39 is 0 Å². The Morgan fingerprint density at radius 3 is 1.52 bits per heavy atom. The zero-order chi connectivity index (χ0) is 31.4. The average molecular weight is 591 g/mol. The van der Waals surface area contributed by atoms with Gasteiger partial charge in [0.25, 0.3) is 0 Å². The number of fused-ring (bicyclic) bond motifs is 6. The van der Waals surface area contributed by atoms with E-state index in [0.29, 0.717) is 35.5 Å². The molecule has 0 saturated heterocycles. The zero-order valence-corrected chi connectivity index (χ0v) is 29.7. The van der Waals surface area contributed by atoms with Crippen LogP contribution in [0.25, 0.3) is 0 Å². The Morgan fingerprint density at radius 2 is 1.07 bits per heavy atom. The van der Waals surface area contributed by atoms with Gasteiger partial charge in [-0.3, -0.25) is 0 Å². The van der Waals surface area contributed by atoms with Crippen LogP contribution in [0, 0.1) is 74.4 Å². The Kier molecular flexibility index (Phi) is 7.06. The van der Waals surface area contributed by atoms with E-state index in [0.717, 1.165) is 18.3 Å². The molecule has 0 aromatic carbocycles. The highest BCUT2D eigenvalue weighted by molar-refractivity contribution is 5.51. The summed E-state index contributed by atoms with van der Waals surface area (Å²) in [5.74, 6) is 5.21. The molecule has 7 aliphatic carbocycles. The van der Waals surface area contributed by atoms with Crippen LogP contribution in [0.2, 0.25) is 0 Å². The first kappa shape index (κ1) is 30.8.